The van der Waals surface area contributed by atoms with Crippen LogP contribution in [0, 0.1) is 0 Å². The molecule has 0 aromatic carbocycles. The van der Waals surface area contributed by atoms with Gasteiger partial charge in [0.1, 0.15) is 0 Å². The van der Waals surface area contributed by atoms with Gasteiger partial charge in [0, 0.05) is 18.5 Å². The summed E-state index contributed by atoms with van der Waals surface area (Å²) in [7, 11) is 0. The minimum absolute atomic E-state index is 0.617. The van der Waals surface area contributed by atoms with Crippen LogP contribution >= 0.6 is 11.8 Å². The molecule has 6 heteroatoms. The monoisotopic (exact) mass is 250 g/mol. The maximum atomic E-state index is 12.2. The fraction of sp³-hybridized carbons (Fsp3) is 0.500. The predicted octanol–water partition coefficient (Wildman–Crippen LogP) is 2.80. The number of pyridine rings is 1. The van der Waals surface area contributed by atoms with Crippen LogP contribution in [-0.2, 0) is 6.18 Å². The second-order valence-corrected chi connectivity index (χ2v) is 4.20. The fourth-order valence-electron chi connectivity index (χ4n) is 1.04. The molecule has 0 aliphatic heterocycles. The summed E-state index contributed by atoms with van der Waals surface area (Å²) in [6.07, 6.45) is -3.43. The maximum absolute atomic E-state index is 12.2. The van der Waals surface area contributed by atoms with E-state index in [9.17, 15) is 13.2 Å². The molecule has 0 spiro atoms. The van der Waals surface area contributed by atoms with E-state index in [0.29, 0.717) is 5.03 Å². The first-order chi connectivity index (χ1) is 7.54. The lowest BCUT2D eigenvalue weighted by Crippen LogP contribution is -2.15. The van der Waals surface area contributed by atoms with Crippen LogP contribution in [0.1, 0.15) is 12.5 Å². The molecule has 1 rings (SSSR count). The fourth-order valence-corrected chi connectivity index (χ4v) is 1.78. The van der Waals surface area contributed by atoms with Crippen LogP contribution in [0.3, 0.4) is 0 Å². The molecule has 0 unspecified atom stereocenters. The minimum atomic E-state index is -4.31. The molecule has 0 radical (unpaired) electrons. The van der Waals surface area contributed by atoms with Gasteiger partial charge in [-0.2, -0.15) is 13.2 Å². The van der Waals surface area contributed by atoms with E-state index in [1.807, 2.05) is 6.92 Å². The summed E-state index contributed by atoms with van der Waals surface area (Å²) in [5.74, 6) is 0.798. The Morgan fingerprint density at radius 2 is 2.12 bits per heavy atom. The highest BCUT2D eigenvalue weighted by molar-refractivity contribution is 7.99. The Labute approximate surface area is 96.6 Å². The largest absolute Gasteiger partial charge is 0.417 e. The van der Waals surface area contributed by atoms with E-state index < -0.39 is 11.7 Å². The van der Waals surface area contributed by atoms with E-state index in [2.05, 4.69) is 10.3 Å². The number of hydrogen-bond acceptors (Lipinski definition) is 3. The van der Waals surface area contributed by atoms with E-state index in [1.165, 1.54) is 17.8 Å². The summed E-state index contributed by atoms with van der Waals surface area (Å²) in [5, 5.41) is 3.74. The van der Waals surface area contributed by atoms with Crippen molar-refractivity contribution >= 4 is 11.8 Å². The summed E-state index contributed by atoms with van der Waals surface area (Å²) in [4.78, 5) is 3.76. The highest BCUT2D eigenvalue weighted by Crippen LogP contribution is 2.29. The zero-order chi connectivity index (χ0) is 12.0. The van der Waals surface area contributed by atoms with E-state index >= 15 is 0 Å². The Morgan fingerprint density at radius 3 is 2.62 bits per heavy atom. The van der Waals surface area contributed by atoms with Gasteiger partial charge in [-0.1, -0.05) is 6.92 Å². The normalized spacial score (nSPS) is 11.8. The summed E-state index contributed by atoms with van der Waals surface area (Å²) in [6, 6.07) is 2.46. The molecule has 0 amide bonds. The van der Waals surface area contributed by atoms with Gasteiger partial charge in [0.2, 0.25) is 0 Å². The van der Waals surface area contributed by atoms with Crippen LogP contribution in [-0.4, -0.2) is 23.8 Å². The van der Waals surface area contributed by atoms with E-state index in [1.54, 1.807) is 0 Å². The van der Waals surface area contributed by atoms with Crippen molar-refractivity contribution in [1.29, 1.82) is 0 Å². The molecule has 16 heavy (non-hydrogen) atoms. The zero-order valence-electron chi connectivity index (χ0n) is 8.84. The molecule has 1 heterocycles. The molecular weight excluding hydrogens is 237 g/mol. The van der Waals surface area contributed by atoms with E-state index in [0.717, 1.165) is 31.1 Å². The molecular formula is C10H13F3N2S. The van der Waals surface area contributed by atoms with Gasteiger partial charge >= 0.3 is 6.18 Å². The summed E-state index contributed by atoms with van der Waals surface area (Å²) in [6.45, 7) is 3.71. The number of aromatic nitrogens is 1. The Hall–Kier alpha value is -0.750. The van der Waals surface area contributed by atoms with Crippen molar-refractivity contribution in [2.24, 2.45) is 0 Å². The van der Waals surface area contributed by atoms with Gasteiger partial charge in [-0.3, -0.25) is 0 Å². The van der Waals surface area contributed by atoms with Crippen molar-refractivity contribution in [2.45, 2.75) is 18.1 Å². The van der Waals surface area contributed by atoms with Gasteiger partial charge in [-0.25, -0.2) is 4.98 Å². The number of thioether (sulfide) groups is 1. The Balaban J connectivity index is 2.46. The van der Waals surface area contributed by atoms with Gasteiger partial charge in [0.15, 0.2) is 0 Å². The number of nitrogens with zero attached hydrogens (tertiary/aromatic N) is 1. The first-order valence-corrected chi connectivity index (χ1v) is 5.89. The average Bonchev–Trinajstić information content (AvgIpc) is 2.24. The smallest absolute Gasteiger partial charge is 0.316 e. The molecule has 0 aliphatic rings. The van der Waals surface area contributed by atoms with Crippen LogP contribution < -0.4 is 5.32 Å². The summed E-state index contributed by atoms with van der Waals surface area (Å²) >= 11 is 1.44. The van der Waals surface area contributed by atoms with Crippen molar-refractivity contribution < 1.29 is 13.2 Å². The third-order valence-electron chi connectivity index (χ3n) is 1.84. The molecule has 0 fully saturated rings. The number of alkyl halides is 3. The van der Waals surface area contributed by atoms with Crippen LogP contribution in [0.25, 0.3) is 0 Å². The predicted molar refractivity (Wildman–Crippen MR) is 58.5 cm³/mol. The molecule has 0 atom stereocenters. The molecule has 2 nitrogen and oxygen atoms in total. The van der Waals surface area contributed by atoms with Gasteiger partial charge in [0.25, 0.3) is 0 Å². The third kappa shape index (κ3) is 4.40. The zero-order valence-corrected chi connectivity index (χ0v) is 9.66. The van der Waals surface area contributed by atoms with Crippen LogP contribution in [0.5, 0.6) is 0 Å². The lowest BCUT2D eigenvalue weighted by molar-refractivity contribution is -0.137. The molecule has 1 N–H and O–H groups in total. The van der Waals surface area contributed by atoms with Crippen molar-refractivity contribution in [3.05, 3.63) is 23.9 Å². The maximum Gasteiger partial charge on any atom is 0.417 e. The first kappa shape index (κ1) is 13.3. The first-order valence-electron chi connectivity index (χ1n) is 4.91. The van der Waals surface area contributed by atoms with E-state index in [-0.39, 0.29) is 0 Å². The van der Waals surface area contributed by atoms with Crippen molar-refractivity contribution in [3.8, 4) is 0 Å². The van der Waals surface area contributed by atoms with Crippen LogP contribution in [0.15, 0.2) is 23.4 Å². The summed E-state index contributed by atoms with van der Waals surface area (Å²) < 4.78 is 36.6. The highest BCUT2D eigenvalue weighted by atomic mass is 32.2. The van der Waals surface area contributed by atoms with Crippen LogP contribution in [0.4, 0.5) is 13.2 Å². The third-order valence-corrected chi connectivity index (χ3v) is 2.79. The Morgan fingerprint density at radius 1 is 1.38 bits per heavy atom. The second-order valence-electron chi connectivity index (χ2n) is 3.08. The quantitative estimate of drug-likeness (QED) is 0.642. The van der Waals surface area contributed by atoms with Crippen molar-refractivity contribution in [1.82, 2.24) is 10.3 Å². The lowest BCUT2D eigenvalue weighted by Gasteiger charge is -2.06. The topological polar surface area (TPSA) is 24.9 Å². The SMILES string of the molecule is CCNCCSc1ccc(C(F)(F)F)cn1. The number of hydrogen-bond donors (Lipinski definition) is 1. The molecule has 90 valence electrons. The molecule has 0 saturated heterocycles. The van der Waals surface area contributed by atoms with Crippen LogP contribution in [0.2, 0.25) is 0 Å². The number of nitrogens with one attached hydrogen (secondary N) is 1. The summed E-state index contributed by atoms with van der Waals surface area (Å²) in [5.41, 5.74) is -0.705. The Bertz CT molecular complexity index is 311. The average molecular weight is 250 g/mol. The molecule has 1 aromatic rings. The standard InChI is InChI=1S/C10H13F3N2S/c1-2-14-5-6-16-9-4-3-8(7-15-9)10(11,12)13/h3-4,7,14H,2,5-6H2,1H3. The molecule has 0 bridgehead atoms. The van der Waals surface area contributed by atoms with Crippen molar-refractivity contribution in [2.75, 3.05) is 18.8 Å². The van der Waals surface area contributed by atoms with Gasteiger partial charge in [-0.05, 0) is 18.7 Å². The van der Waals surface area contributed by atoms with Crippen molar-refractivity contribution in [3.63, 3.8) is 0 Å². The molecule has 0 aliphatic carbocycles. The number of halogens is 3. The number of rotatable bonds is 5. The van der Waals surface area contributed by atoms with Gasteiger partial charge in [-0.15, -0.1) is 11.8 Å². The molecule has 1 aromatic heterocycles. The minimum Gasteiger partial charge on any atom is -0.316 e. The molecule has 0 saturated carbocycles. The van der Waals surface area contributed by atoms with Gasteiger partial charge in [0.05, 0.1) is 10.6 Å². The van der Waals surface area contributed by atoms with E-state index in [4.69, 9.17) is 0 Å². The van der Waals surface area contributed by atoms with Gasteiger partial charge < -0.3 is 5.32 Å². The highest BCUT2D eigenvalue weighted by Gasteiger charge is 2.30. The lowest BCUT2D eigenvalue weighted by atomic mass is 10.3. The second kappa shape index (κ2) is 6.10. The Kier molecular flexibility index (Phi) is 5.08.